The van der Waals surface area contributed by atoms with Crippen LogP contribution in [-0.2, 0) is 19.8 Å². The maximum atomic E-state index is 12.9. The van der Waals surface area contributed by atoms with Gasteiger partial charge >= 0.3 is 7.60 Å². The largest absolute Gasteiger partial charge is 0.457 e. The van der Waals surface area contributed by atoms with E-state index in [1.807, 2.05) is 6.07 Å². The fourth-order valence-electron chi connectivity index (χ4n) is 2.09. The zero-order chi connectivity index (χ0) is 16.7. The van der Waals surface area contributed by atoms with Gasteiger partial charge in [-0.3, -0.25) is 4.57 Å². The van der Waals surface area contributed by atoms with Crippen molar-refractivity contribution in [2.24, 2.45) is 0 Å². The molecule has 4 nitrogen and oxygen atoms in total. The molecule has 0 aliphatic rings. The summed E-state index contributed by atoms with van der Waals surface area (Å²) in [6.45, 7) is 4.20. The van der Waals surface area contributed by atoms with Gasteiger partial charge in [-0.15, -0.1) is 0 Å². The molecule has 0 unspecified atom stereocenters. The van der Waals surface area contributed by atoms with Gasteiger partial charge in [-0.1, -0.05) is 12.1 Å². The molecule has 23 heavy (non-hydrogen) atoms. The van der Waals surface area contributed by atoms with Crippen LogP contribution < -0.4 is 4.74 Å². The van der Waals surface area contributed by atoms with Crippen LogP contribution in [0.2, 0.25) is 0 Å². The summed E-state index contributed by atoms with van der Waals surface area (Å²) in [6.07, 6.45) is 0.176. The van der Waals surface area contributed by atoms with Gasteiger partial charge in [-0.25, -0.2) is 4.39 Å². The Hall–Kier alpha value is -1.68. The first kappa shape index (κ1) is 17.7. The molecule has 0 atom stereocenters. The Bertz CT molecular complexity index is 663. The number of rotatable bonds is 8. The summed E-state index contributed by atoms with van der Waals surface area (Å²) in [5, 5.41) is 0. The quantitative estimate of drug-likeness (QED) is 0.606. The molecule has 2 rings (SSSR count). The Morgan fingerprint density at radius 1 is 0.957 bits per heavy atom. The van der Waals surface area contributed by atoms with Crippen LogP contribution in [0.1, 0.15) is 19.4 Å². The van der Waals surface area contributed by atoms with E-state index < -0.39 is 7.60 Å². The van der Waals surface area contributed by atoms with Gasteiger partial charge in [0, 0.05) is 0 Å². The van der Waals surface area contributed by atoms with E-state index in [1.165, 1.54) is 12.1 Å². The minimum Gasteiger partial charge on any atom is -0.457 e. The van der Waals surface area contributed by atoms with E-state index in [4.69, 9.17) is 13.8 Å². The van der Waals surface area contributed by atoms with Crippen LogP contribution in [0.5, 0.6) is 11.5 Å². The third-order valence-corrected chi connectivity index (χ3v) is 5.03. The molecular formula is C17H20FO4P. The molecule has 0 aliphatic carbocycles. The Balaban J connectivity index is 2.12. The maximum Gasteiger partial charge on any atom is 0.335 e. The fourth-order valence-corrected chi connectivity index (χ4v) is 3.78. The average Bonchev–Trinajstić information content (AvgIpc) is 2.50. The minimum absolute atomic E-state index is 0.176. The Labute approximate surface area is 135 Å². The first-order chi connectivity index (χ1) is 11.0. The summed E-state index contributed by atoms with van der Waals surface area (Å²) >= 11 is 0. The van der Waals surface area contributed by atoms with Crippen molar-refractivity contribution in [2.75, 3.05) is 13.2 Å². The summed E-state index contributed by atoms with van der Waals surface area (Å²) in [4.78, 5) is 0. The topological polar surface area (TPSA) is 44.8 Å². The van der Waals surface area contributed by atoms with Crippen LogP contribution in [0.15, 0.2) is 48.5 Å². The number of benzene rings is 2. The monoisotopic (exact) mass is 338 g/mol. The lowest BCUT2D eigenvalue weighted by Crippen LogP contribution is -1.99. The molecule has 0 bridgehead atoms. The molecular weight excluding hydrogens is 318 g/mol. The van der Waals surface area contributed by atoms with Gasteiger partial charge < -0.3 is 13.8 Å². The normalized spacial score (nSPS) is 11.4. The third-order valence-electron chi connectivity index (χ3n) is 2.98. The van der Waals surface area contributed by atoms with Crippen LogP contribution in [0.3, 0.4) is 0 Å². The van der Waals surface area contributed by atoms with Crippen molar-refractivity contribution < 1.29 is 22.7 Å². The molecule has 6 heteroatoms. The number of halogens is 1. The van der Waals surface area contributed by atoms with Crippen molar-refractivity contribution in [3.63, 3.8) is 0 Å². The van der Waals surface area contributed by atoms with Crippen LogP contribution in [0, 0.1) is 5.82 Å². The summed E-state index contributed by atoms with van der Waals surface area (Å²) in [5.74, 6) is 0.787. The second-order valence-electron chi connectivity index (χ2n) is 4.81. The van der Waals surface area contributed by atoms with Crippen molar-refractivity contribution in [2.45, 2.75) is 20.0 Å². The summed E-state index contributed by atoms with van der Waals surface area (Å²) < 4.78 is 41.7. The molecule has 0 amide bonds. The smallest absolute Gasteiger partial charge is 0.335 e. The highest BCUT2D eigenvalue weighted by atomic mass is 31.2. The Kier molecular flexibility index (Phi) is 6.34. The maximum absolute atomic E-state index is 12.9. The van der Waals surface area contributed by atoms with Gasteiger partial charge in [0.1, 0.15) is 17.3 Å². The molecule has 2 aromatic carbocycles. The fraction of sp³-hybridized carbons (Fsp3) is 0.294. The Morgan fingerprint density at radius 2 is 1.61 bits per heavy atom. The second-order valence-corrected chi connectivity index (χ2v) is 6.86. The summed E-state index contributed by atoms with van der Waals surface area (Å²) in [7, 11) is -3.16. The van der Waals surface area contributed by atoms with Crippen molar-refractivity contribution in [3.05, 3.63) is 59.9 Å². The van der Waals surface area contributed by atoms with E-state index in [1.54, 1.807) is 44.2 Å². The van der Waals surface area contributed by atoms with Gasteiger partial charge in [0.15, 0.2) is 0 Å². The summed E-state index contributed by atoms with van der Waals surface area (Å²) in [6, 6.07) is 12.9. The van der Waals surface area contributed by atoms with Crippen molar-refractivity contribution in [3.8, 4) is 11.5 Å². The van der Waals surface area contributed by atoms with Crippen molar-refractivity contribution in [1.82, 2.24) is 0 Å². The first-order valence-electron chi connectivity index (χ1n) is 7.45. The van der Waals surface area contributed by atoms with Gasteiger partial charge in [0.05, 0.1) is 19.4 Å². The lowest BCUT2D eigenvalue weighted by molar-refractivity contribution is 0.219. The van der Waals surface area contributed by atoms with Crippen LogP contribution in [-0.4, -0.2) is 13.2 Å². The third kappa shape index (κ3) is 5.47. The molecule has 124 valence electrons. The van der Waals surface area contributed by atoms with E-state index >= 15 is 0 Å². The number of hydrogen-bond acceptors (Lipinski definition) is 4. The predicted octanol–water partition coefficient (Wildman–Crippen LogP) is 5.38. The molecule has 0 aliphatic heterocycles. The van der Waals surface area contributed by atoms with E-state index in [2.05, 4.69) is 0 Å². The predicted molar refractivity (Wildman–Crippen MR) is 87.5 cm³/mol. The lowest BCUT2D eigenvalue weighted by Gasteiger charge is -2.17. The van der Waals surface area contributed by atoms with Crippen molar-refractivity contribution >= 4 is 7.60 Å². The highest BCUT2D eigenvalue weighted by Gasteiger charge is 2.24. The highest BCUT2D eigenvalue weighted by Crippen LogP contribution is 2.51. The van der Waals surface area contributed by atoms with Gasteiger partial charge in [-0.05, 0) is 55.8 Å². The SMILES string of the molecule is CCOP(=O)(Cc1cccc(Oc2ccc(F)cc2)c1)OCC. The van der Waals surface area contributed by atoms with Gasteiger partial charge in [0.25, 0.3) is 0 Å². The minimum atomic E-state index is -3.16. The molecule has 0 aromatic heterocycles. The molecule has 0 saturated heterocycles. The molecule has 0 fully saturated rings. The summed E-state index contributed by atoms with van der Waals surface area (Å²) in [5.41, 5.74) is 0.787. The van der Waals surface area contributed by atoms with Crippen LogP contribution in [0.4, 0.5) is 4.39 Å². The van der Waals surface area contributed by atoms with E-state index in [0.29, 0.717) is 24.7 Å². The molecule has 0 N–H and O–H groups in total. The zero-order valence-corrected chi connectivity index (χ0v) is 14.1. The first-order valence-corrected chi connectivity index (χ1v) is 9.18. The van der Waals surface area contributed by atoms with Gasteiger partial charge in [-0.2, -0.15) is 0 Å². The van der Waals surface area contributed by atoms with E-state index in [-0.39, 0.29) is 12.0 Å². The highest BCUT2D eigenvalue weighted by molar-refractivity contribution is 7.53. The number of hydrogen-bond donors (Lipinski definition) is 0. The van der Waals surface area contributed by atoms with Crippen LogP contribution >= 0.6 is 7.60 Å². The standard InChI is InChI=1S/C17H20FO4P/c1-3-20-23(19,21-4-2)13-14-6-5-7-17(12-14)22-16-10-8-15(18)9-11-16/h5-12H,3-4,13H2,1-2H3. The Morgan fingerprint density at radius 3 is 2.22 bits per heavy atom. The van der Waals surface area contributed by atoms with E-state index in [0.717, 1.165) is 5.56 Å². The molecule has 0 radical (unpaired) electrons. The van der Waals surface area contributed by atoms with Crippen molar-refractivity contribution in [1.29, 1.82) is 0 Å². The molecule has 0 saturated carbocycles. The molecule has 0 heterocycles. The zero-order valence-electron chi connectivity index (χ0n) is 13.2. The number of ether oxygens (including phenoxy) is 1. The van der Waals surface area contributed by atoms with Crippen LogP contribution in [0.25, 0.3) is 0 Å². The molecule has 0 spiro atoms. The average molecular weight is 338 g/mol. The van der Waals surface area contributed by atoms with Gasteiger partial charge in [0.2, 0.25) is 0 Å². The molecule has 2 aromatic rings. The van der Waals surface area contributed by atoms with E-state index in [9.17, 15) is 8.96 Å². The lowest BCUT2D eigenvalue weighted by atomic mass is 10.2. The second kappa shape index (κ2) is 8.25.